The van der Waals surface area contributed by atoms with Gasteiger partial charge in [0.25, 0.3) is 0 Å². The zero-order chi connectivity index (χ0) is 14.4. The Hall–Kier alpha value is -1.06. The molecule has 0 spiro atoms. The zero-order valence-corrected chi connectivity index (χ0v) is 12.7. The maximum Gasteiger partial charge on any atom is 0.119 e. The van der Waals surface area contributed by atoms with Gasteiger partial charge in [-0.2, -0.15) is 0 Å². The Morgan fingerprint density at radius 2 is 1.95 bits per heavy atom. The van der Waals surface area contributed by atoms with Gasteiger partial charge in [0.1, 0.15) is 12.4 Å². The lowest BCUT2D eigenvalue weighted by Crippen LogP contribution is -2.55. The normalized spacial score (nSPS) is 17.8. The molecule has 1 aromatic carbocycles. The van der Waals surface area contributed by atoms with Crippen LogP contribution in [0.3, 0.4) is 0 Å². The third-order valence-electron chi connectivity index (χ3n) is 4.13. The van der Waals surface area contributed by atoms with Crippen LogP contribution in [0.2, 0.25) is 0 Å². The fourth-order valence-electron chi connectivity index (χ4n) is 2.78. The minimum Gasteiger partial charge on any atom is -0.492 e. The highest BCUT2D eigenvalue weighted by Crippen LogP contribution is 2.39. The van der Waals surface area contributed by atoms with Crippen LogP contribution in [0.1, 0.15) is 38.7 Å². The number of aryl methyl sites for hydroxylation is 1. The average molecular weight is 277 g/mol. The van der Waals surface area contributed by atoms with Gasteiger partial charge in [-0.3, -0.25) is 0 Å². The SMILES string of the molecule is CCCc1ccc(OCC(CO)(NCC)C2CC2)cc1. The second kappa shape index (κ2) is 7.09. The van der Waals surface area contributed by atoms with E-state index in [9.17, 15) is 5.11 Å². The van der Waals surface area contributed by atoms with Gasteiger partial charge in [-0.1, -0.05) is 32.4 Å². The summed E-state index contributed by atoms with van der Waals surface area (Å²) in [4.78, 5) is 0. The molecule has 0 saturated heterocycles. The molecule has 0 amide bonds. The fraction of sp³-hybridized carbons (Fsp3) is 0.647. The number of ether oxygens (including phenoxy) is 1. The van der Waals surface area contributed by atoms with Crippen molar-refractivity contribution in [3.8, 4) is 5.75 Å². The van der Waals surface area contributed by atoms with Crippen LogP contribution >= 0.6 is 0 Å². The topological polar surface area (TPSA) is 41.5 Å². The van der Waals surface area contributed by atoms with E-state index in [4.69, 9.17) is 4.74 Å². The van der Waals surface area contributed by atoms with Crippen LogP contribution in [0.5, 0.6) is 5.75 Å². The third-order valence-corrected chi connectivity index (χ3v) is 4.13. The molecule has 0 heterocycles. The number of likely N-dealkylation sites (N-methyl/N-ethyl adjacent to an activating group) is 1. The summed E-state index contributed by atoms with van der Waals surface area (Å²) in [7, 11) is 0. The summed E-state index contributed by atoms with van der Waals surface area (Å²) < 4.78 is 5.93. The van der Waals surface area contributed by atoms with Gasteiger partial charge in [-0.05, 0) is 49.4 Å². The van der Waals surface area contributed by atoms with Crippen molar-refractivity contribution in [3.63, 3.8) is 0 Å². The van der Waals surface area contributed by atoms with Gasteiger partial charge in [0.15, 0.2) is 0 Å². The number of aliphatic hydroxyl groups is 1. The Morgan fingerprint density at radius 3 is 2.45 bits per heavy atom. The first-order valence-electron chi connectivity index (χ1n) is 7.81. The first kappa shape index (κ1) is 15.3. The molecule has 0 aliphatic heterocycles. The molecule has 1 fully saturated rings. The minimum atomic E-state index is -0.267. The Kier molecular flexibility index (Phi) is 5.44. The fourth-order valence-corrected chi connectivity index (χ4v) is 2.78. The maximum atomic E-state index is 9.77. The van der Waals surface area contributed by atoms with Gasteiger partial charge < -0.3 is 15.2 Å². The highest BCUT2D eigenvalue weighted by Gasteiger charge is 2.45. The molecule has 1 aliphatic rings. The standard InChI is InChI=1S/C17H27NO2/c1-3-5-14-6-10-16(11-7-14)20-13-17(12-19,18-4-2)15-8-9-15/h6-7,10-11,15,18-19H,3-5,8-9,12-13H2,1-2H3. The van der Waals surface area contributed by atoms with Crippen molar-refractivity contribution >= 4 is 0 Å². The molecule has 1 atom stereocenters. The summed E-state index contributed by atoms with van der Waals surface area (Å²) in [6.07, 6.45) is 4.65. The molecular formula is C17H27NO2. The molecule has 1 aromatic rings. The molecule has 112 valence electrons. The molecule has 20 heavy (non-hydrogen) atoms. The van der Waals surface area contributed by atoms with E-state index in [1.165, 1.54) is 18.4 Å². The molecule has 2 N–H and O–H groups in total. The first-order valence-corrected chi connectivity index (χ1v) is 7.81. The van der Waals surface area contributed by atoms with Crippen LogP contribution in [-0.2, 0) is 6.42 Å². The van der Waals surface area contributed by atoms with Gasteiger partial charge in [-0.15, -0.1) is 0 Å². The number of aliphatic hydroxyl groups excluding tert-OH is 1. The quantitative estimate of drug-likeness (QED) is 0.729. The smallest absolute Gasteiger partial charge is 0.119 e. The summed E-state index contributed by atoms with van der Waals surface area (Å²) in [5, 5.41) is 13.2. The van der Waals surface area contributed by atoms with Crippen LogP contribution < -0.4 is 10.1 Å². The zero-order valence-electron chi connectivity index (χ0n) is 12.7. The van der Waals surface area contributed by atoms with Gasteiger partial charge in [0.05, 0.1) is 12.1 Å². The summed E-state index contributed by atoms with van der Waals surface area (Å²) >= 11 is 0. The van der Waals surface area contributed by atoms with E-state index in [2.05, 4.69) is 31.3 Å². The highest BCUT2D eigenvalue weighted by molar-refractivity contribution is 5.27. The van der Waals surface area contributed by atoms with E-state index in [-0.39, 0.29) is 12.1 Å². The maximum absolute atomic E-state index is 9.77. The number of benzene rings is 1. The van der Waals surface area contributed by atoms with Crippen molar-refractivity contribution in [2.75, 3.05) is 19.8 Å². The Bertz CT molecular complexity index is 400. The Balaban J connectivity index is 1.94. The molecule has 1 saturated carbocycles. The molecule has 1 aliphatic carbocycles. The molecule has 3 nitrogen and oxygen atoms in total. The van der Waals surface area contributed by atoms with E-state index in [0.717, 1.165) is 25.1 Å². The molecule has 2 rings (SSSR count). The third kappa shape index (κ3) is 3.74. The van der Waals surface area contributed by atoms with Crippen molar-refractivity contribution in [2.45, 2.75) is 45.1 Å². The molecule has 0 aromatic heterocycles. The van der Waals surface area contributed by atoms with Crippen LogP contribution in [0, 0.1) is 5.92 Å². The monoisotopic (exact) mass is 277 g/mol. The van der Waals surface area contributed by atoms with Crippen molar-refractivity contribution in [2.24, 2.45) is 5.92 Å². The predicted octanol–water partition coefficient (Wildman–Crippen LogP) is 2.77. The average Bonchev–Trinajstić information content (AvgIpc) is 3.30. The van der Waals surface area contributed by atoms with Crippen molar-refractivity contribution in [3.05, 3.63) is 29.8 Å². The van der Waals surface area contributed by atoms with Gasteiger partial charge >= 0.3 is 0 Å². The minimum absolute atomic E-state index is 0.138. The van der Waals surface area contributed by atoms with Crippen LogP contribution in [-0.4, -0.2) is 30.4 Å². The van der Waals surface area contributed by atoms with E-state index in [0.29, 0.717) is 12.5 Å². The van der Waals surface area contributed by atoms with E-state index < -0.39 is 0 Å². The molecule has 1 unspecified atom stereocenters. The summed E-state index contributed by atoms with van der Waals surface area (Å²) in [6.45, 7) is 5.79. The first-order chi connectivity index (χ1) is 9.74. The van der Waals surface area contributed by atoms with Gasteiger partial charge in [0, 0.05) is 0 Å². The van der Waals surface area contributed by atoms with E-state index in [1.807, 2.05) is 12.1 Å². The van der Waals surface area contributed by atoms with Crippen LogP contribution in [0.15, 0.2) is 24.3 Å². The number of hydrogen-bond acceptors (Lipinski definition) is 3. The molecular weight excluding hydrogens is 250 g/mol. The van der Waals surface area contributed by atoms with Crippen LogP contribution in [0.4, 0.5) is 0 Å². The van der Waals surface area contributed by atoms with Crippen molar-refractivity contribution in [1.29, 1.82) is 0 Å². The Morgan fingerprint density at radius 1 is 1.25 bits per heavy atom. The lowest BCUT2D eigenvalue weighted by atomic mass is 9.95. The second-order valence-electron chi connectivity index (χ2n) is 5.80. The molecule has 0 radical (unpaired) electrons. The summed E-state index contributed by atoms with van der Waals surface area (Å²) in [5.74, 6) is 1.44. The highest BCUT2D eigenvalue weighted by atomic mass is 16.5. The predicted molar refractivity (Wildman–Crippen MR) is 82.1 cm³/mol. The second-order valence-corrected chi connectivity index (χ2v) is 5.80. The number of nitrogens with one attached hydrogen (secondary N) is 1. The summed E-state index contributed by atoms with van der Waals surface area (Å²) in [6, 6.07) is 8.33. The largest absolute Gasteiger partial charge is 0.492 e. The lowest BCUT2D eigenvalue weighted by molar-refractivity contribution is 0.0864. The number of rotatable bonds is 9. The Labute approximate surface area is 122 Å². The van der Waals surface area contributed by atoms with E-state index in [1.54, 1.807) is 0 Å². The molecule has 0 bridgehead atoms. The van der Waals surface area contributed by atoms with Gasteiger partial charge in [-0.25, -0.2) is 0 Å². The van der Waals surface area contributed by atoms with Gasteiger partial charge in [0.2, 0.25) is 0 Å². The lowest BCUT2D eigenvalue weighted by Gasteiger charge is -2.32. The van der Waals surface area contributed by atoms with E-state index >= 15 is 0 Å². The van der Waals surface area contributed by atoms with Crippen molar-refractivity contribution in [1.82, 2.24) is 5.32 Å². The summed E-state index contributed by atoms with van der Waals surface area (Å²) in [5.41, 5.74) is 1.08. The van der Waals surface area contributed by atoms with Crippen LogP contribution in [0.25, 0.3) is 0 Å². The molecule has 3 heteroatoms. The van der Waals surface area contributed by atoms with Crippen molar-refractivity contribution < 1.29 is 9.84 Å². The number of hydrogen-bond donors (Lipinski definition) is 2.